The van der Waals surface area contributed by atoms with Gasteiger partial charge in [0, 0.05) is 36.0 Å². The number of carbonyl (C=O) groups excluding carboxylic acids is 2. The van der Waals surface area contributed by atoms with E-state index in [4.69, 9.17) is 17.3 Å². The van der Waals surface area contributed by atoms with Gasteiger partial charge in [0.2, 0.25) is 5.91 Å². The predicted octanol–water partition coefficient (Wildman–Crippen LogP) is 3.78. The largest absolute Gasteiger partial charge is 0.384 e. The molecule has 1 amide bonds. The molecule has 7 heteroatoms. The Bertz CT molecular complexity index is 1270. The molecule has 2 aliphatic heterocycles. The fourth-order valence-corrected chi connectivity index (χ4v) is 5.36. The maximum absolute atomic E-state index is 13.8. The van der Waals surface area contributed by atoms with E-state index in [1.165, 1.54) is 4.90 Å². The molecule has 3 aliphatic rings. The lowest BCUT2D eigenvalue weighted by atomic mass is 9.64. The normalized spacial score (nSPS) is 22.7. The average molecular weight is 431 g/mol. The van der Waals surface area contributed by atoms with E-state index in [1.807, 2.05) is 24.3 Å². The van der Waals surface area contributed by atoms with E-state index in [0.29, 0.717) is 52.5 Å². The lowest BCUT2D eigenvalue weighted by Crippen LogP contribution is -2.52. The highest BCUT2D eigenvalue weighted by Gasteiger charge is 2.61. The highest BCUT2D eigenvalue weighted by atomic mass is 35.5. The number of fused-ring (bicyclic) bond motifs is 3. The Kier molecular flexibility index (Phi) is 4.21. The standard InChI is InChI=1S/C24H19ClN4O2/c1-28-17-9-4-2-7-14(17)24(23(28)31)15(13-26)22(27)29(18-10-5-3-8-16(18)25)19-11-6-12-20(30)21(19)24/h2-5,7-10H,6,11-12,27H2,1H3/t24-/m0/s1. The van der Waals surface area contributed by atoms with Gasteiger partial charge < -0.3 is 10.6 Å². The molecule has 5 rings (SSSR count). The molecule has 2 N–H and O–H groups in total. The van der Waals surface area contributed by atoms with Crippen LogP contribution in [0.4, 0.5) is 11.4 Å². The first-order valence-electron chi connectivity index (χ1n) is 10.0. The molecule has 0 unspecified atom stereocenters. The summed E-state index contributed by atoms with van der Waals surface area (Å²) in [5.74, 6) is -0.353. The van der Waals surface area contributed by atoms with Crippen LogP contribution in [0.25, 0.3) is 0 Å². The van der Waals surface area contributed by atoms with Crippen LogP contribution in [0.5, 0.6) is 0 Å². The summed E-state index contributed by atoms with van der Waals surface area (Å²) in [6.07, 6.45) is 1.50. The third-order valence-electron chi connectivity index (χ3n) is 6.40. The Labute approximate surface area is 184 Å². The van der Waals surface area contributed by atoms with Crippen LogP contribution >= 0.6 is 11.6 Å². The molecule has 0 saturated heterocycles. The molecule has 0 bridgehead atoms. The van der Waals surface area contributed by atoms with Crippen molar-refractivity contribution in [2.24, 2.45) is 5.73 Å². The molecular formula is C24H19ClN4O2. The summed E-state index contributed by atoms with van der Waals surface area (Å²) < 4.78 is 0. The lowest BCUT2D eigenvalue weighted by Gasteiger charge is -2.43. The number of benzene rings is 2. The Morgan fingerprint density at radius 2 is 1.74 bits per heavy atom. The Balaban J connectivity index is 1.92. The number of allylic oxidation sites excluding steroid dienone is 1. The Hall–Kier alpha value is -3.56. The van der Waals surface area contributed by atoms with Crippen LogP contribution in [0, 0.1) is 11.3 Å². The Morgan fingerprint density at radius 1 is 1.06 bits per heavy atom. The monoisotopic (exact) mass is 430 g/mol. The van der Waals surface area contributed by atoms with E-state index in [2.05, 4.69) is 6.07 Å². The number of hydrogen-bond donors (Lipinski definition) is 1. The van der Waals surface area contributed by atoms with Crippen molar-refractivity contribution in [3.8, 4) is 6.07 Å². The highest BCUT2D eigenvalue weighted by Crippen LogP contribution is 2.56. The topological polar surface area (TPSA) is 90.4 Å². The van der Waals surface area contributed by atoms with E-state index >= 15 is 0 Å². The molecule has 0 aromatic heterocycles. The van der Waals surface area contributed by atoms with Gasteiger partial charge in [0.05, 0.1) is 16.3 Å². The number of halogens is 1. The third kappa shape index (κ3) is 2.32. The minimum Gasteiger partial charge on any atom is -0.384 e. The molecule has 31 heavy (non-hydrogen) atoms. The number of ketones is 1. The summed E-state index contributed by atoms with van der Waals surface area (Å²) in [5.41, 5.74) is 7.98. The van der Waals surface area contributed by atoms with Gasteiger partial charge in [-0.25, -0.2) is 0 Å². The third-order valence-corrected chi connectivity index (χ3v) is 6.72. The van der Waals surface area contributed by atoms with Crippen LogP contribution < -0.4 is 15.5 Å². The van der Waals surface area contributed by atoms with Gasteiger partial charge in [0.25, 0.3) is 0 Å². The van der Waals surface area contributed by atoms with Crippen molar-refractivity contribution in [2.75, 3.05) is 16.8 Å². The molecule has 1 aliphatic carbocycles. The zero-order chi connectivity index (χ0) is 21.9. The number of nitrogens with two attached hydrogens (primary N) is 1. The summed E-state index contributed by atoms with van der Waals surface area (Å²) >= 11 is 6.48. The van der Waals surface area contributed by atoms with Gasteiger partial charge in [0.15, 0.2) is 5.78 Å². The first-order valence-corrected chi connectivity index (χ1v) is 10.4. The van der Waals surface area contributed by atoms with E-state index in [1.54, 1.807) is 36.2 Å². The van der Waals surface area contributed by atoms with Crippen LogP contribution in [-0.2, 0) is 15.0 Å². The Morgan fingerprint density at radius 3 is 2.45 bits per heavy atom. The number of hydrogen-bond acceptors (Lipinski definition) is 5. The number of Topliss-reactive ketones (excluding diaryl/α,β-unsaturated/α-hetero) is 1. The maximum Gasteiger partial charge on any atom is 0.247 e. The van der Waals surface area contributed by atoms with E-state index in [0.717, 1.165) is 0 Å². The van der Waals surface area contributed by atoms with Crippen LogP contribution in [0.3, 0.4) is 0 Å². The average Bonchev–Trinajstić information content (AvgIpc) is 2.98. The molecule has 1 spiro atoms. The van der Waals surface area contributed by atoms with E-state index < -0.39 is 5.41 Å². The van der Waals surface area contributed by atoms with Gasteiger partial charge in [-0.2, -0.15) is 5.26 Å². The van der Waals surface area contributed by atoms with Crippen molar-refractivity contribution < 1.29 is 9.59 Å². The zero-order valence-corrected chi connectivity index (χ0v) is 17.6. The van der Waals surface area contributed by atoms with Gasteiger partial charge in [-0.05, 0) is 31.0 Å². The first-order chi connectivity index (χ1) is 14.9. The second kappa shape index (κ2) is 6.73. The molecule has 0 saturated carbocycles. The number of amides is 1. The maximum atomic E-state index is 13.8. The molecule has 2 aromatic carbocycles. The molecular weight excluding hydrogens is 412 g/mol. The van der Waals surface area contributed by atoms with Crippen LogP contribution in [0.15, 0.2) is 71.2 Å². The minimum absolute atomic E-state index is 0.0585. The fourth-order valence-electron chi connectivity index (χ4n) is 5.14. The van der Waals surface area contributed by atoms with Crippen molar-refractivity contribution >= 4 is 34.7 Å². The molecule has 6 nitrogen and oxygen atoms in total. The molecule has 2 heterocycles. The van der Waals surface area contributed by atoms with Crippen LogP contribution in [0.2, 0.25) is 5.02 Å². The van der Waals surface area contributed by atoms with E-state index in [9.17, 15) is 14.9 Å². The van der Waals surface area contributed by atoms with Crippen molar-refractivity contribution in [3.63, 3.8) is 0 Å². The smallest absolute Gasteiger partial charge is 0.247 e. The highest BCUT2D eigenvalue weighted by molar-refractivity contribution is 6.33. The summed E-state index contributed by atoms with van der Waals surface area (Å²) in [7, 11) is 1.66. The number of carbonyl (C=O) groups is 2. The van der Waals surface area contributed by atoms with Gasteiger partial charge in [-0.3, -0.25) is 14.5 Å². The van der Waals surface area contributed by atoms with Gasteiger partial charge >= 0.3 is 0 Å². The van der Waals surface area contributed by atoms with E-state index in [-0.39, 0.29) is 23.1 Å². The number of para-hydroxylation sites is 2. The molecule has 2 aromatic rings. The van der Waals surface area contributed by atoms with Crippen molar-refractivity contribution in [1.82, 2.24) is 0 Å². The number of rotatable bonds is 1. The van der Waals surface area contributed by atoms with Crippen molar-refractivity contribution in [3.05, 3.63) is 81.8 Å². The summed E-state index contributed by atoms with van der Waals surface area (Å²) in [6.45, 7) is 0. The second-order valence-corrected chi connectivity index (χ2v) is 8.30. The van der Waals surface area contributed by atoms with Gasteiger partial charge in [0.1, 0.15) is 17.3 Å². The minimum atomic E-state index is -1.53. The number of anilines is 2. The van der Waals surface area contributed by atoms with Crippen LogP contribution in [-0.4, -0.2) is 18.7 Å². The first kappa shape index (κ1) is 19.4. The molecule has 0 radical (unpaired) electrons. The van der Waals surface area contributed by atoms with Crippen LogP contribution in [0.1, 0.15) is 24.8 Å². The number of nitrogens with zero attached hydrogens (tertiary/aromatic N) is 3. The number of nitriles is 1. The van der Waals surface area contributed by atoms with Gasteiger partial charge in [-0.15, -0.1) is 0 Å². The predicted molar refractivity (Wildman–Crippen MR) is 118 cm³/mol. The number of likely N-dealkylation sites (N-methyl/N-ethyl adjacent to an activating group) is 1. The van der Waals surface area contributed by atoms with Crippen molar-refractivity contribution in [2.45, 2.75) is 24.7 Å². The zero-order valence-electron chi connectivity index (χ0n) is 16.9. The van der Waals surface area contributed by atoms with Gasteiger partial charge in [-0.1, -0.05) is 41.9 Å². The summed E-state index contributed by atoms with van der Waals surface area (Å²) in [6, 6.07) is 16.6. The molecule has 0 fully saturated rings. The summed E-state index contributed by atoms with van der Waals surface area (Å²) in [4.78, 5) is 30.4. The fraction of sp³-hybridized carbons (Fsp3) is 0.208. The SMILES string of the molecule is CN1C(=O)[C@]2(C(C#N)=C(N)N(c3ccccc3Cl)C3=C2C(=O)CCC3)c2ccccc21. The van der Waals surface area contributed by atoms with Crippen molar-refractivity contribution in [1.29, 1.82) is 5.26 Å². The summed E-state index contributed by atoms with van der Waals surface area (Å²) in [5, 5.41) is 10.7. The molecule has 1 atom stereocenters. The lowest BCUT2D eigenvalue weighted by molar-refractivity contribution is -0.124. The quantitative estimate of drug-likeness (QED) is 0.743. The second-order valence-electron chi connectivity index (χ2n) is 7.89. The molecule has 154 valence electrons.